The SMILES string of the molecule is C=C(OCC)C(=O)OCC.C=Cc1ccccc1. The summed E-state index contributed by atoms with van der Waals surface area (Å²) >= 11 is 0. The van der Waals surface area contributed by atoms with Gasteiger partial charge in [0.25, 0.3) is 0 Å². The van der Waals surface area contributed by atoms with Gasteiger partial charge in [0.1, 0.15) is 0 Å². The van der Waals surface area contributed by atoms with Gasteiger partial charge in [-0.2, -0.15) is 0 Å². The van der Waals surface area contributed by atoms with Crippen molar-refractivity contribution in [1.29, 1.82) is 0 Å². The second-order valence-corrected chi connectivity index (χ2v) is 3.19. The molecule has 0 N–H and O–H groups in total. The highest BCUT2D eigenvalue weighted by molar-refractivity contribution is 5.85. The topological polar surface area (TPSA) is 35.5 Å². The molecule has 0 amide bonds. The molecule has 3 nitrogen and oxygen atoms in total. The molecule has 0 spiro atoms. The van der Waals surface area contributed by atoms with Crippen LogP contribution in [0.3, 0.4) is 0 Å². The van der Waals surface area contributed by atoms with Crippen LogP contribution < -0.4 is 0 Å². The minimum atomic E-state index is -0.482. The van der Waals surface area contributed by atoms with E-state index >= 15 is 0 Å². The van der Waals surface area contributed by atoms with Crippen molar-refractivity contribution in [1.82, 2.24) is 0 Å². The Balaban J connectivity index is 0.000000327. The number of carbonyl (C=O) groups is 1. The first-order valence-corrected chi connectivity index (χ1v) is 5.82. The van der Waals surface area contributed by atoms with E-state index < -0.39 is 5.97 Å². The van der Waals surface area contributed by atoms with Crippen LogP contribution in [0, 0.1) is 0 Å². The number of hydrogen-bond acceptors (Lipinski definition) is 3. The molecule has 0 heterocycles. The summed E-state index contributed by atoms with van der Waals surface area (Å²) < 4.78 is 9.38. The van der Waals surface area contributed by atoms with E-state index in [9.17, 15) is 4.79 Å². The number of ether oxygens (including phenoxy) is 2. The molecule has 0 atom stereocenters. The van der Waals surface area contributed by atoms with E-state index in [0.717, 1.165) is 0 Å². The van der Waals surface area contributed by atoms with E-state index in [2.05, 4.69) is 17.9 Å². The van der Waals surface area contributed by atoms with Crippen LogP contribution in [0.1, 0.15) is 19.4 Å². The zero-order valence-corrected chi connectivity index (χ0v) is 11.0. The Hall–Kier alpha value is -2.03. The van der Waals surface area contributed by atoms with Crippen molar-refractivity contribution in [2.75, 3.05) is 13.2 Å². The number of hydrogen-bond donors (Lipinski definition) is 0. The van der Waals surface area contributed by atoms with Gasteiger partial charge < -0.3 is 9.47 Å². The fraction of sp³-hybridized carbons (Fsp3) is 0.267. The molecule has 0 bridgehead atoms. The summed E-state index contributed by atoms with van der Waals surface area (Å²) in [7, 11) is 0. The maximum atomic E-state index is 10.7. The van der Waals surface area contributed by atoms with Crippen molar-refractivity contribution >= 4 is 12.0 Å². The summed E-state index contributed by atoms with van der Waals surface area (Å²) in [4.78, 5) is 10.7. The van der Waals surface area contributed by atoms with E-state index in [0.29, 0.717) is 13.2 Å². The van der Waals surface area contributed by atoms with Crippen LogP contribution in [-0.2, 0) is 14.3 Å². The lowest BCUT2D eigenvalue weighted by Gasteiger charge is -2.04. The Kier molecular flexibility index (Phi) is 9.00. The van der Waals surface area contributed by atoms with Crippen LogP contribution in [0.2, 0.25) is 0 Å². The monoisotopic (exact) mass is 248 g/mol. The van der Waals surface area contributed by atoms with E-state index in [-0.39, 0.29) is 5.76 Å². The third-order valence-electron chi connectivity index (χ3n) is 1.86. The number of rotatable bonds is 5. The Morgan fingerprint density at radius 2 is 1.72 bits per heavy atom. The molecule has 0 aromatic heterocycles. The van der Waals surface area contributed by atoms with Gasteiger partial charge in [0.05, 0.1) is 13.2 Å². The molecule has 3 heteroatoms. The summed E-state index contributed by atoms with van der Waals surface area (Å²) in [5.41, 5.74) is 1.17. The average Bonchev–Trinajstić information content (AvgIpc) is 2.41. The van der Waals surface area contributed by atoms with E-state index in [1.807, 2.05) is 36.4 Å². The number of benzene rings is 1. The van der Waals surface area contributed by atoms with Crippen molar-refractivity contribution in [2.24, 2.45) is 0 Å². The fourth-order valence-electron chi connectivity index (χ4n) is 1.03. The van der Waals surface area contributed by atoms with Gasteiger partial charge in [0.2, 0.25) is 0 Å². The summed E-state index contributed by atoms with van der Waals surface area (Å²) in [6, 6.07) is 10.0. The molecule has 98 valence electrons. The quantitative estimate of drug-likeness (QED) is 0.455. The molecule has 1 aromatic rings. The lowest BCUT2D eigenvalue weighted by Crippen LogP contribution is -2.09. The second-order valence-electron chi connectivity index (χ2n) is 3.19. The Bertz CT molecular complexity index is 353. The van der Waals surface area contributed by atoms with Gasteiger partial charge in [0, 0.05) is 0 Å². The van der Waals surface area contributed by atoms with Crippen LogP contribution in [0.25, 0.3) is 6.08 Å². The first-order valence-electron chi connectivity index (χ1n) is 5.82. The van der Waals surface area contributed by atoms with Crippen molar-refractivity contribution in [3.63, 3.8) is 0 Å². The first kappa shape index (κ1) is 16.0. The molecule has 0 saturated carbocycles. The van der Waals surface area contributed by atoms with Crippen LogP contribution in [0.15, 0.2) is 49.2 Å². The molecule has 0 aliphatic heterocycles. The third kappa shape index (κ3) is 7.28. The molecule has 1 rings (SSSR count). The normalized spacial score (nSPS) is 8.56. The van der Waals surface area contributed by atoms with E-state index in [1.54, 1.807) is 13.8 Å². The maximum absolute atomic E-state index is 10.7. The number of carbonyl (C=O) groups excluding carboxylic acids is 1. The van der Waals surface area contributed by atoms with Crippen molar-refractivity contribution < 1.29 is 14.3 Å². The minimum Gasteiger partial charge on any atom is -0.487 e. The summed E-state index contributed by atoms with van der Waals surface area (Å²) in [6.07, 6.45) is 1.83. The first-order chi connectivity index (χ1) is 8.65. The molecular formula is C15H20O3. The molecule has 1 aromatic carbocycles. The molecule has 0 aliphatic carbocycles. The third-order valence-corrected chi connectivity index (χ3v) is 1.86. The van der Waals surface area contributed by atoms with Gasteiger partial charge in [-0.05, 0) is 26.0 Å². The van der Waals surface area contributed by atoms with Gasteiger partial charge in [-0.3, -0.25) is 0 Å². The predicted octanol–water partition coefficient (Wildman–Crippen LogP) is 3.43. The zero-order valence-electron chi connectivity index (χ0n) is 11.0. The standard InChI is InChI=1S/C8H8.C7H12O3/c1-2-8-6-4-3-5-7-8;1-4-9-6(3)7(8)10-5-2/h2-7H,1H2;3-5H2,1-2H3. The average molecular weight is 248 g/mol. The van der Waals surface area contributed by atoms with Gasteiger partial charge in [-0.1, -0.05) is 43.0 Å². The summed E-state index contributed by atoms with van der Waals surface area (Å²) in [5, 5.41) is 0. The molecule has 0 fully saturated rings. The molecule has 0 unspecified atom stereocenters. The molecule has 0 aliphatic rings. The van der Waals surface area contributed by atoms with Crippen LogP contribution in [-0.4, -0.2) is 19.2 Å². The van der Waals surface area contributed by atoms with Crippen molar-refractivity contribution in [3.8, 4) is 0 Å². The predicted molar refractivity (Wildman–Crippen MR) is 73.9 cm³/mol. The van der Waals surface area contributed by atoms with Crippen LogP contribution in [0.5, 0.6) is 0 Å². The van der Waals surface area contributed by atoms with E-state index in [4.69, 9.17) is 4.74 Å². The van der Waals surface area contributed by atoms with Crippen molar-refractivity contribution in [3.05, 3.63) is 54.8 Å². The summed E-state index contributed by atoms with van der Waals surface area (Å²) in [5.74, 6) is -0.409. The molecular weight excluding hydrogens is 228 g/mol. The maximum Gasteiger partial charge on any atom is 0.372 e. The Morgan fingerprint density at radius 3 is 2.11 bits per heavy atom. The molecule has 0 saturated heterocycles. The fourth-order valence-corrected chi connectivity index (χ4v) is 1.03. The minimum absolute atomic E-state index is 0.0735. The van der Waals surface area contributed by atoms with Crippen LogP contribution in [0.4, 0.5) is 0 Å². The lowest BCUT2D eigenvalue weighted by molar-refractivity contribution is -0.142. The highest BCUT2D eigenvalue weighted by Crippen LogP contribution is 1.97. The highest BCUT2D eigenvalue weighted by atomic mass is 16.6. The van der Waals surface area contributed by atoms with Gasteiger partial charge >= 0.3 is 5.97 Å². The van der Waals surface area contributed by atoms with Crippen molar-refractivity contribution in [2.45, 2.75) is 13.8 Å². The summed E-state index contributed by atoms with van der Waals surface area (Å²) in [6.45, 7) is 11.3. The van der Waals surface area contributed by atoms with Gasteiger partial charge in [0.15, 0.2) is 5.76 Å². The largest absolute Gasteiger partial charge is 0.487 e. The Labute approximate surface area is 109 Å². The van der Waals surface area contributed by atoms with Gasteiger partial charge in [-0.15, -0.1) is 0 Å². The van der Waals surface area contributed by atoms with Crippen LogP contribution >= 0.6 is 0 Å². The lowest BCUT2D eigenvalue weighted by atomic mass is 10.2. The zero-order chi connectivity index (χ0) is 13.8. The van der Waals surface area contributed by atoms with Gasteiger partial charge in [-0.25, -0.2) is 4.79 Å². The molecule has 18 heavy (non-hydrogen) atoms. The smallest absolute Gasteiger partial charge is 0.372 e. The van der Waals surface area contributed by atoms with E-state index in [1.165, 1.54) is 5.56 Å². The Morgan fingerprint density at radius 1 is 1.17 bits per heavy atom. The molecule has 0 radical (unpaired) electrons. The number of esters is 1. The second kappa shape index (κ2) is 10.1. The highest BCUT2D eigenvalue weighted by Gasteiger charge is 2.06.